The Morgan fingerprint density at radius 3 is 3.04 bits per heavy atom. The molecule has 2 aromatic rings. The van der Waals surface area contributed by atoms with E-state index in [9.17, 15) is 0 Å². The van der Waals surface area contributed by atoms with E-state index < -0.39 is 0 Å². The predicted molar refractivity (Wildman–Crippen MR) is 98.6 cm³/mol. The number of anilines is 1. The monoisotopic (exact) mass is 346 g/mol. The van der Waals surface area contributed by atoms with Crippen LogP contribution in [0.3, 0.4) is 0 Å². The van der Waals surface area contributed by atoms with Crippen LogP contribution in [-0.4, -0.2) is 41.7 Å². The highest BCUT2D eigenvalue weighted by molar-refractivity contribution is 6.32. The largest absolute Gasteiger partial charge is 0.357 e. The number of halogens is 1. The quantitative estimate of drug-likeness (QED) is 0.657. The smallest absolute Gasteiger partial charge is 0.191 e. The summed E-state index contributed by atoms with van der Waals surface area (Å²) in [7, 11) is 3.81. The van der Waals surface area contributed by atoms with E-state index in [4.69, 9.17) is 11.6 Å². The van der Waals surface area contributed by atoms with Crippen LogP contribution in [0.2, 0.25) is 5.02 Å². The third kappa shape index (κ3) is 4.00. The second kappa shape index (κ2) is 7.57. The minimum atomic E-state index is 0.324. The van der Waals surface area contributed by atoms with Crippen molar-refractivity contribution in [2.75, 3.05) is 25.0 Å². The molecule has 3 rings (SSSR count). The van der Waals surface area contributed by atoms with Crippen molar-refractivity contribution >= 4 is 23.4 Å². The summed E-state index contributed by atoms with van der Waals surface area (Å²) in [4.78, 5) is 10.9. The van der Waals surface area contributed by atoms with E-state index in [1.54, 1.807) is 13.2 Å². The van der Waals surface area contributed by atoms with Crippen LogP contribution in [0.1, 0.15) is 12.0 Å². The van der Waals surface area contributed by atoms with Gasteiger partial charge in [0.15, 0.2) is 5.96 Å². The second-order valence-electron chi connectivity index (χ2n) is 6.00. The number of rotatable bonds is 4. The molecule has 0 amide bonds. The Balaban J connectivity index is 1.53. The van der Waals surface area contributed by atoms with Gasteiger partial charge >= 0.3 is 0 Å². The van der Waals surface area contributed by atoms with Crippen LogP contribution in [0.25, 0.3) is 0 Å². The number of aromatic nitrogens is 2. The van der Waals surface area contributed by atoms with E-state index in [2.05, 4.69) is 37.8 Å². The van der Waals surface area contributed by atoms with Crippen molar-refractivity contribution in [2.24, 2.45) is 12.0 Å². The average Bonchev–Trinajstić information content (AvgIpc) is 3.21. The summed E-state index contributed by atoms with van der Waals surface area (Å²) in [5.74, 6) is 1.67. The van der Waals surface area contributed by atoms with Crippen molar-refractivity contribution < 1.29 is 0 Å². The molecule has 1 atom stereocenters. The number of aliphatic imine (C=N–C) groups is 1. The molecule has 1 aliphatic rings. The first-order valence-corrected chi connectivity index (χ1v) is 8.47. The van der Waals surface area contributed by atoms with Crippen molar-refractivity contribution in [3.05, 3.63) is 47.4 Å². The summed E-state index contributed by atoms with van der Waals surface area (Å²) in [6.45, 7) is 2.55. The van der Waals surface area contributed by atoms with Gasteiger partial charge in [0.2, 0.25) is 0 Å². The van der Waals surface area contributed by atoms with Crippen molar-refractivity contribution in [2.45, 2.75) is 19.0 Å². The summed E-state index contributed by atoms with van der Waals surface area (Å²) in [5, 5.41) is 7.54. The van der Waals surface area contributed by atoms with Crippen LogP contribution >= 0.6 is 11.6 Å². The zero-order valence-electron chi connectivity index (χ0n) is 14.0. The molecule has 0 aliphatic carbocycles. The van der Waals surface area contributed by atoms with E-state index in [0.717, 1.165) is 37.8 Å². The molecule has 1 saturated heterocycles. The molecule has 2 aromatic heterocycles. The van der Waals surface area contributed by atoms with Gasteiger partial charge in [0.25, 0.3) is 0 Å². The van der Waals surface area contributed by atoms with Gasteiger partial charge in [0, 0.05) is 58.4 Å². The van der Waals surface area contributed by atoms with Crippen LogP contribution < -0.4 is 15.5 Å². The molecule has 0 spiro atoms. The second-order valence-corrected chi connectivity index (χ2v) is 6.40. The predicted octanol–water partition coefficient (Wildman–Crippen LogP) is 2.02. The third-order valence-corrected chi connectivity index (χ3v) is 4.44. The first kappa shape index (κ1) is 16.6. The molecule has 6 nitrogen and oxygen atoms in total. The Labute approximate surface area is 147 Å². The fraction of sp³-hybridized carbons (Fsp3) is 0.412. The number of hydrogen-bond donors (Lipinski definition) is 2. The lowest BCUT2D eigenvalue weighted by molar-refractivity contribution is 0.648. The zero-order chi connectivity index (χ0) is 16.9. The Hall–Kier alpha value is -2.21. The van der Waals surface area contributed by atoms with E-state index in [1.807, 2.05) is 29.9 Å². The number of guanidine groups is 1. The Bertz CT molecular complexity index is 711. The fourth-order valence-corrected chi connectivity index (χ4v) is 3.16. The van der Waals surface area contributed by atoms with Gasteiger partial charge in [-0.15, -0.1) is 0 Å². The molecule has 0 radical (unpaired) electrons. The van der Waals surface area contributed by atoms with Gasteiger partial charge in [-0.1, -0.05) is 11.6 Å². The maximum Gasteiger partial charge on any atom is 0.191 e. The molecule has 1 aliphatic heterocycles. The molecule has 2 N–H and O–H groups in total. The van der Waals surface area contributed by atoms with Crippen molar-refractivity contribution in [1.29, 1.82) is 0 Å². The van der Waals surface area contributed by atoms with Crippen LogP contribution in [0, 0.1) is 0 Å². The van der Waals surface area contributed by atoms with Crippen LogP contribution in [-0.2, 0) is 13.6 Å². The minimum absolute atomic E-state index is 0.324. The van der Waals surface area contributed by atoms with Gasteiger partial charge in [-0.25, -0.2) is 4.98 Å². The lowest BCUT2D eigenvalue weighted by Gasteiger charge is -2.20. The van der Waals surface area contributed by atoms with Crippen molar-refractivity contribution in [3.63, 3.8) is 0 Å². The molecule has 7 heteroatoms. The molecule has 0 saturated carbocycles. The molecule has 3 heterocycles. The van der Waals surface area contributed by atoms with Crippen molar-refractivity contribution in [1.82, 2.24) is 20.2 Å². The highest BCUT2D eigenvalue weighted by atomic mass is 35.5. The Morgan fingerprint density at radius 1 is 1.46 bits per heavy atom. The van der Waals surface area contributed by atoms with Crippen LogP contribution in [0.5, 0.6) is 0 Å². The summed E-state index contributed by atoms with van der Waals surface area (Å²) in [5.41, 5.74) is 1.23. The van der Waals surface area contributed by atoms with Gasteiger partial charge < -0.3 is 20.1 Å². The van der Waals surface area contributed by atoms with Gasteiger partial charge in [0.05, 0.1) is 5.02 Å². The van der Waals surface area contributed by atoms with E-state index >= 15 is 0 Å². The molecular formula is C17H23ClN6. The van der Waals surface area contributed by atoms with Gasteiger partial charge in [0.1, 0.15) is 5.82 Å². The van der Waals surface area contributed by atoms with Gasteiger partial charge in [-0.2, -0.15) is 0 Å². The van der Waals surface area contributed by atoms with Crippen LogP contribution in [0.15, 0.2) is 41.8 Å². The zero-order valence-corrected chi connectivity index (χ0v) is 14.8. The number of nitrogens with zero attached hydrogens (tertiary/aromatic N) is 4. The summed E-state index contributed by atoms with van der Waals surface area (Å²) in [6.07, 6.45) is 6.95. The van der Waals surface area contributed by atoms with Gasteiger partial charge in [-0.05, 0) is 30.2 Å². The average molecular weight is 347 g/mol. The standard InChI is InChI=1S/C17H23ClN6/c1-19-17(21-10-13-5-8-23(2)11-13)22-14-6-9-24(12-14)16-15(18)4-3-7-20-16/h3-5,7-8,11,14H,6,9-10,12H2,1-2H3,(H2,19,21,22). The summed E-state index contributed by atoms with van der Waals surface area (Å²) >= 11 is 6.24. The lowest BCUT2D eigenvalue weighted by Crippen LogP contribution is -2.44. The van der Waals surface area contributed by atoms with Gasteiger partial charge in [-0.3, -0.25) is 4.99 Å². The molecule has 0 aromatic carbocycles. The molecule has 0 bridgehead atoms. The normalized spacial score (nSPS) is 18.0. The maximum atomic E-state index is 6.24. The molecule has 1 unspecified atom stereocenters. The minimum Gasteiger partial charge on any atom is -0.357 e. The lowest BCUT2D eigenvalue weighted by atomic mass is 10.3. The summed E-state index contributed by atoms with van der Waals surface area (Å²) < 4.78 is 2.04. The fourth-order valence-electron chi connectivity index (χ4n) is 2.92. The summed E-state index contributed by atoms with van der Waals surface area (Å²) in [6, 6.07) is 6.16. The number of aryl methyl sites for hydroxylation is 1. The SMILES string of the molecule is CN=C(NCc1ccn(C)c1)NC1CCN(c2ncccc2Cl)C1. The topological polar surface area (TPSA) is 57.5 Å². The number of pyridine rings is 1. The highest BCUT2D eigenvalue weighted by Gasteiger charge is 2.25. The number of hydrogen-bond acceptors (Lipinski definition) is 3. The van der Waals surface area contributed by atoms with E-state index in [1.165, 1.54) is 5.56 Å². The first-order chi connectivity index (χ1) is 11.7. The highest BCUT2D eigenvalue weighted by Crippen LogP contribution is 2.25. The first-order valence-electron chi connectivity index (χ1n) is 8.09. The van der Waals surface area contributed by atoms with Crippen LogP contribution in [0.4, 0.5) is 5.82 Å². The molecular weight excluding hydrogens is 324 g/mol. The number of nitrogens with one attached hydrogen (secondary N) is 2. The van der Waals surface area contributed by atoms with E-state index in [-0.39, 0.29) is 0 Å². The molecule has 1 fully saturated rings. The third-order valence-electron chi connectivity index (χ3n) is 4.14. The Kier molecular flexibility index (Phi) is 5.25. The Morgan fingerprint density at radius 2 is 2.33 bits per heavy atom. The molecule has 128 valence electrons. The maximum absolute atomic E-state index is 6.24. The van der Waals surface area contributed by atoms with E-state index in [0.29, 0.717) is 11.1 Å². The van der Waals surface area contributed by atoms with Crippen molar-refractivity contribution in [3.8, 4) is 0 Å². The molecule has 24 heavy (non-hydrogen) atoms.